The highest BCUT2D eigenvalue weighted by atomic mass is 35.5. The van der Waals surface area contributed by atoms with Crippen molar-refractivity contribution in [2.45, 2.75) is 31.0 Å². The summed E-state index contributed by atoms with van der Waals surface area (Å²) in [5.74, 6) is -1.21. The number of hydrogen-bond donors (Lipinski definition) is 2. The Hall–Kier alpha value is -2.71. The van der Waals surface area contributed by atoms with Crippen molar-refractivity contribution in [1.29, 1.82) is 0 Å². The first kappa shape index (κ1) is 20.0. The van der Waals surface area contributed by atoms with E-state index in [1.54, 1.807) is 23.3 Å². The summed E-state index contributed by atoms with van der Waals surface area (Å²) in [6.45, 7) is 3.95. The summed E-state index contributed by atoms with van der Waals surface area (Å²) in [4.78, 5) is 28.9. The summed E-state index contributed by atoms with van der Waals surface area (Å²) in [7, 11) is 0. The summed E-state index contributed by atoms with van der Waals surface area (Å²) in [5, 5.41) is 32.6. The molecule has 1 aliphatic heterocycles. The van der Waals surface area contributed by atoms with Crippen molar-refractivity contribution >= 4 is 29.5 Å². The summed E-state index contributed by atoms with van der Waals surface area (Å²) in [5.41, 5.74) is -1.21. The number of aliphatic hydroxyl groups excluding tert-OH is 1. The van der Waals surface area contributed by atoms with Crippen molar-refractivity contribution in [3.05, 3.63) is 63.9 Å². The molecule has 148 valence electrons. The van der Waals surface area contributed by atoms with Crippen LogP contribution >= 0.6 is 11.6 Å². The molecule has 0 saturated heterocycles. The molecule has 1 aromatic rings. The second-order valence-electron chi connectivity index (χ2n) is 6.87. The van der Waals surface area contributed by atoms with Crippen molar-refractivity contribution in [3.8, 4) is 0 Å². The standard InChI is InChI=1S/C19H20ClN3O5/c1-2-9-22-15-13(11-21-18(22)20)7-8-19(16(15)24,17(25)26)10-12-5-3-4-6-14(12)23(27)28/h2-6,11,16,18,24H,1,7-10H2,(H,25,26). The predicted molar refractivity (Wildman–Crippen MR) is 104 cm³/mol. The zero-order chi connectivity index (χ0) is 20.5. The van der Waals surface area contributed by atoms with Crippen molar-refractivity contribution in [2.75, 3.05) is 6.54 Å². The van der Waals surface area contributed by atoms with Crippen molar-refractivity contribution in [2.24, 2.45) is 10.4 Å². The van der Waals surface area contributed by atoms with Gasteiger partial charge >= 0.3 is 5.97 Å². The number of hydrogen-bond acceptors (Lipinski definition) is 6. The minimum absolute atomic E-state index is 0.120. The molecule has 1 heterocycles. The summed E-state index contributed by atoms with van der Waals surface area (Å²) in [6, 6.07) is 5.99. The Bertz CT molecular complexity index is 884. The molecule has 9 heteroatoms. The van der Waals surface area contributed by atoms with Crippen LogP contribution in [0.15, 0.2) is 53.2 Å². The largest absolute Gasteiger partial charge is 0.481 e. The molecule has 0 saturated carbocycles. The number of carboxylic acid groups (broad SMARTS) is 1. The number of carbonyl (C=O) groups is 1. The number of nitro groups is 1. The first-order valence-corrected chi connectivity index (χ1v) is 9.17. The van der Waals surface area contributed by atoms with Gasteiger partial charge in [-0.05, 0) is 24.8 Å². The minimum Gasteiger partial charge on any atom is -0.481 e. The van der Waals surface area contributed by atoms with Crippen molar-refractivity contribution < 1.29 is 19.9 Å². The molecule has 1 aliphatic carbocycles. The highest BCUT2D eigenvalue weighted by molar-refractivity contribution is 6.21. The van der Waals surface area contributed by atoms with Gasteiger partial charge in [-0.1, -0.05) is 35.9 Å². The van der Waals surface area contributed by atoms with E-state index in [2.05, 4.69) is 11.6 Å². The van der Waals surface area contributed by atoms with Crippen LogP contribution in [0.2, 0.25) is 0 Å². The number of alkyl halides is 1. The fourth-order valence-electron chi connectivity index (χ4n) is 3.87. The van der Waals surface area contributed by atoms with Gasteiger partial charge in [-0.25, -0.2) is 0 Å². The van der Waals surface area contributed by atoms with E-state index in [0.717, 1.165) is 0 Å². The molecule has 2 aliphatic rings. The molecule has 3 rings (SSSR count). The Labute approximate surface area is 166 Å². The van der Waals surface area contributed by atoms with Gasteiger partial charge in [0.05, 0.1) is 10.6 Å². The number of aliphatic carboxylic acids is 1. The monoisotopic (exact) mass is 405 g/mol. The van der Waals surface area contributed by atoms with E-state index in [0.29, 0.717) is 17.7 Å². The van der Waals surface area contributed by atoms with E-state index in [9.17, 15) is 25.1 Å². The molecule has 3 atom stereocenters. The first-order valence-electron chi connectivity index (χ1n) is 8.73. The van der Waals surface area contributed by atoms with E-state index < -0.39 is 28.0 Å². The number of benzene rings is 1. The van der Waals surface area contributed by atoms with Crippen LogP contribution in [-0.2, 0) is 11.2 Å². The second kappa shape index (κ2) is 7.73. The number of carboxylic acids is 1. The number of aliphatic hydroxyl groups is 1. The normalized spacial score (nSPS) is 26.7. The number of rotatable bonds is 6. The summed E-state index contributed by atoms with van der Waals surface area (Å²) < 4.78 is 0. The maximum absolute atomic E-state index is 12.3. The Morgan fingerprint density at radius 1 is 1.50 bits per heavy atom. The van der Waals surface area contributed by atoms with Crippen LogP contribution in [0, 0.1) is 15.5 Å². The molecule has 0 fully saturated rings. The molecule has 0 spiro atoms. The number of allylic oxidation sites excluding steroid dienone is 1. The Balaban J connectivity index is 2.07. The predicted octanol–water partition coefficient (Wildman–Crippen LogP) is 2.71. The van der Waals surface area contributed by atoms with Gasteiger partial charge in [0.15, 0.2) is 5.62 Å². The second-order valence-corrected chi connectivity index (χ2v) is 7.26. The third-order valence-electron chi connectivity index (χ3n) is 5.32. The topological polar surface area (TPSA) is 116 Å². The summed E-state index contributed by atoms with van der Waals surface area (Å²) in [6.07, 6.45) is 2.05. The Morgan fingerprint density at radius 2 is 2.21 bits per heavy atom. The fraction of sp³-hybridized carbons (Fsp3) is 0.368. The third-order valence-corrected chi connectivity index (χ3v) is 5.67. The lowest BCUT2D eigenvalue weighted by Gasteiger charge is -2.45. The van der Waals surface area contributed by atoms with E-state index >= 15 is 0 Å². The van der Waals surface area contributed by atoms with Gasteiger partial charge in [0.25, 0.3) is 5.69 Å². The molecular formula is C19H20ClN3O5. The van der Waals surface area contributed by atoms with Gasteiger partial charge in [0.2, 0.25) is 0 Å². The van der Waals surface area contributed by atoms with Gasteiger partial charge in [-0.15, -0.1) is 6.58 Å². The zero-order valence-corrected chi connectivity index (χ0v) is 15.7. The van der Waals surface area contributed by atoms with Gasteiger partial charge in [0.1, 0.15) is 11.5 Å². The molecule has 0 radical (unpaired) electrons. The maximum Gasteiger partial charge on any atom is 0.313 e. The van der Waals surface area contributed by atoms with Crippen LogP contribution in [0.3, 0.4) is 0 Å². The van der Waals surface area contributed by atoms with Crippen LogP contribution in [0.4, 0.5) is 5.69 Å². The highest BCUT2D eigenvalue weighted by Gasteiger charge is 2.52. The molecular weight excluding hydrogens is 386 g/mol. The van der Waals surface area contributed by atoms with E-state index in [-0.39, 0.29) is 30.6 Å². The molecule has 28 heavy (non-hydrogen) atoms. The van der Waals surface area contributed by atoms with Gasteiger partial charge in [-0.3, -0.25) is 19.9 Å². The smallest absolute Gasteiger partial charge is 0.313 e. The maximum atomic E-state index is 12.3. The number of halogens is 1. The van der Waals surface area contributed by atoms with E-state index in [1.165, 1.54) is 18.2 Å². The fourth-order valence-corrected chi connectivity index (χ4v) is 4.11. The van der Waals surface area contributed by atoms with Crippen LogP contribution in [0.25, 0.3) is 0 Å². The SMILES string of the molecule is C=CCN1C2=C(C=NC1Cl)CCC(Cc1ccccc1[N+](=O)[O-])(C(=O)O)C2O. The lowest BCUT2D eigenvalue weighted by Crippen LogP contribution is -2.53. The number of nitrogens with zero attached hydrogens (tertiary/aromatic N) is 3. The molecule has 0 bridgehead atoms. The lowest BCUT2D eigenvalue weighted by molar-refractivity contribution is -0.385. The number of nitro benzene ring substituents is 1. The quantitative estimate of drug-likeness (QED) is 0.247. The zero-order valence-electron chi connectivity index (χ0n) is 15.0. The van der Waals surface area contributed by atoms with E-state index in [4.69, 9.17) is 11.6 Å². The van der Waals surface area contributed by atoms with E-state index in [1.807, 2.05) is 0 Å². The third kappa shape index (κ3) is 3.29. The molecule has 3 unspecified atom stereocenters. The van der Waals surface area contributed by atoms with Crippen molar-refractivity contribution in [1.82, 2.24) is 4.90 Å². The average Bonchev–Trinajstić information content (AvgIpc) is 2.66. The average molecular weight is 406 g/mol. The van der Waals surface area contributed by atoms with Gasteiger partial charge < -0.3 is 15.1 Å². The van der Waals surface area contributed by atoms with Crippen LogP contribution in [0.1, 0.15) is 18.4 Å². The molecule has 0 aromatic heterocycles. The van der Waals surface area contributed by atoms with Crippen LogP contribution < -0.4 is 0 Å². The van der Waals surface area contributed by atoms with Gasteiger partial charge in [-0.2, -0.15) is 0 Å². The minimum atomic E-state index is -1.62. The highest BCUT2D eigenvalue weighted by Crippen LogP contribution is 2.46. The Kier molecular flexibility index (Phi) is 5.53. The number of aliphatic imine (C=N–C) groups is 1. The molecule has 1 aromatic carbocycles. The first-order chi connectivity index (χ1) is 13.3. The van der Waals surface area contributed by atoms with Crippen LogP contribution in [0.5, 0.6) is 0 Å². The summed E-state index contributed by atoms with van der Waals surface area (Å²) >= 11 is 6.24. The number of para-hydroxylation sites is 1. The van der Waals surface area contributed by atoms with Crippen molar-refractivity contribution in [3.63, 3.8) is 0 Å². The molecule has 8 nitrogen and oxygen atoms in total. The molecule has 0 amide bonds. The molecule has 2 N–H and O–H groups in total. The van der Waals surface area contributed by atoms with Crippen LogP contribution in [-0.4, -0.2) is 50.5 Å². The van der Waals surface area contributed by atoms with Gasteiger partial charge in [0, 0.05) is 24.4 Å². The lowest BCUT2D eigenvalue weighted by atomic mass is 9.67. The Morgan fingerprint density at radius 3 is 2.86 bits per heavy atom.